The van der Waals surface area contributed by atoms with E-state index in [1.807, 2.05) is 43.3 Å². The van der Waals surface area contributed by atoms with Gasteiger partial charge in [0.25, 0.3) is 0 Å². The second kappa shape index (κ2) is 13.3. The van der Waals surface area contributed by atoms with Crippen molar-refractivity contribution >= 4 is 23.3 Å². The number of carboxylic acid groups (broad SMARTS) is 2. The molecule has 46 heavy (non-hydrogen) atoms. The first-order valence-corrected chi connectivity index (χ1v) is 15.8. The van der Waals surface area contributed by atoms with Crippen LogP contribution in [0.5, 0.6) is 0 Å². The average Bonchev–Trinajstić information content (AvgIpc) is 3.83. The molecule has 0 spiro atoms. The first-order valence-electron chi connectivity index (χ1n) is 15.0. The van der Waals surface area contributed by atoms with Crippen LogP contribution < -0.4 is 0 Å². The summed E-state index contributed by atoms with van der Waals surface area (Å²) in [5.41, 5.74) is 3.41. The second-order valence-electron chi connectivity index (χ2n) is 10.9. The van der Waals surface area contributed by atoms with Crippen LogP contribution in [0.3, 0.4) is 0 Å². The minimum absolute atomic E-state index is 0.0112. The Balaban J connectivity index is 1.38. The maximum absolute atomic E-state index is 12.1. The zero-order valence-electron chi connectivity index (χ0n) is 25.3. The Bertz CT molecular complexity index is 2040. The number of aromatic carboxylic acids is 2. The molecular weight excluding hydrogens is 602 g/mol. The van der Waals surface area contributed by atoms with Gasteiger partial charge in [-0.05, 0) is 97.6 Å². The summed E-state index contributed by atoms with van der Waals surface area (Å²) in [6, 6.07) is 19.3. The van der Waals surface area contributed by atoms with Gasteiger partial charge in [0.2, 0.25) is 0 Å². The van der Waals surface area contributed by atoms with Crippen LogP contribution in [0.1, 0.15) is 64.6 Å². The highest BCUT2D eigenvalue weighted by Gasteiger charge is 2.19. The maximum atomic E-state index is 12.1. The molecule has 6 rings (SSSR count). The van der Waals surface area contributed by atoms with Gasteiger partial charge in [0.15, 0.2) is 11.5 Å². The lowest BCUT2D eigenvalue weighted by Crippen LogP contribution is -2.02. The molecule has 0 atom stereocenters. The molecule has 0 aliphatic carbocycles. The van der Waals surface area contributed by atoms with E-state index in [0.717, 1.165) is 52.5 Å². The average molecular weight is 634 g/mol. The van der Waals surface area contributed by atoms with Gasteiger partial charge in [-0.3, -0.25) is 9.97 Å². The molecule has 232 valence electrons. The number of thiophene rings is 1. The summed E-state index contributed by atoms with van der Waals surface area (Å²) in [5, 5.41) is 19.3. The summed E-state index contributed by atoms with van der Waals surface area (Å²) in [6.07, 6.45) is 8.50. The fourth-order valence-corrected chi connectivity index (χ4v) is 6.38. The van der Waals surface area contributed by atoms with Crippen molar-refractivity contribution in [2.75, 3.05) is 0 Å². The van der Waals surface area contributed by atoms with E-state index in [-0.39, 0.29) is 22.5 Å². The number of furan rings is 2. The predicted octanol–water partition coefficient (Wildman–Crippen LogP) is 9.28. The van der Waals surface area contributed by atoms with Crippen LogP contribution in [0.4, 0.5) is 0 Å². The molecule has 0 amide bonds. The van der Waals surface area contributed by atoms with Gasteiger partial charge < -0.3 is 19.0 Å². The van der Waals surface area contributed by atoms with Crippen molar-refractivity contribution in [2.45, 2.75) is 46.0 Å². The molecule has 0 aliphatic rings. The van der Waals surface area contributed by atoms with Gasteiger partial charge in [-0.25, -0.2) is 14.6 Å². The molecule has 6 heterocycles. The van der Waals surface area contributed by atoms with E-state index in [1.54, 1.807) is 17.5 Å². The minimum atomic E-state index is -1.14. The summed E-state index contributed by atoms with van der Waals surface area (Å²) in [5.74, 6) is 0.686. The van der Waals surface area contributed by atoms with Gasteiger partial charge in [-0.2, -0.15) is 0 Å². The summed E-state index contributed by atoms with van der Waals surface area (Å²) < 4.78 is 12.1. The van der Waals surface area contributed by atoms with Crippen LogP contribution in [-0.2, 0) is 6.42 Å². The zero-order chi connectivity index (χ0) is 32.2. The SMILES string of the molecule is CCCCCCc1cc(-c2ccnc(-c3cc(C(=O)O)cc(-c4cc(C(=O)O)ccn4)n3)c2)sc1-c1ccc(-c2ccc(C)o2)o1. The number of carbonyl (C=O) groups is 2. The molecular formula is C36H31N3O6S. The molecule has 6 aromatic heterocycles. The lowest BCUT2D eigenvalue weighted by molar-refractivity contribution is 0.0686. The lowest BCUT2D eigenvalue weighted by Gasteiger charge is -2.08. The van der Waals surface area contributed by atoms with Crippen molar-refractivity contribution in [3.05, 3.63) is 102 Å². The Morgan fingerprint density at radius 1 is 0.717 bits per heavy atom. The van der Waals surface area contributed by atoms with Gasteiger partial charge in [-0.1, -0.05) is 26.2 Å². The molecule has 0 fully saturated rings. The predicted molar refractivity (Wildman–Crippen MR) is 176 cm³/mol. The number of aromatic nitrogens is 3. The lowest BCUT2D eigenvalue weighted by atomic mass is 10.0. The largest absolute Gasteiger partial charge is 0.478 e. The molecule has 6 aromatic rings. The fraction of sp³-hybridized carbons (Fsp3) is 0.194. The topological polar surface area (TPSA) is 140 Å². The van der Waals surface area contributed by atoms with Crippen molar-refractivity contribution in [2.24, 2.45) is 0 Å². The highest BCUT2D eigenvalue weighted by Crippen LogP contribution is 2.41. The van der Waals surface area contributed by atoms with Crippen LogP contribution in [0.25, 0.3) is 55.4 Å². The Labute approximate surface area is 269 Å². The number of nitrogens with zero attached hydrogens (tertiary/aromatic N) is 3. The number of unbranched alkanes of at least 4 members (excludes halogenated alkanes) is 3. The number of carboxylic acids is 2. The fourth-order valence-electron chi connectivity index (χ4n) is 5.21. The monoisotopic (exact) mass is 633 g/mol. The molecule has 10 heteroatoms. The van der Waals surface area contributed by atoms with Crippen molar-refractivity contribution in [1.29, 1.82) is 0 Å². The molecule has 0 aliphatic heterocycles. The Hall–Kier alpha value is -5.35. The van der Waals surface area contributed by atoms with Gasteiger partial charge in [-0.15, -0.1) is 11.3 Å². The number of hydrogen-bond donors (Lipinski definition) is 2. The first kappa shape index (κ1) is 30.7. The van der Waals surface area contributed by atoms with Crippen LogP contribution in [-0.4, -0.2) is 37.1 Å². The van der Waals surface area contributed by atoms with E-state index < -0.39 is 11.9 Å². The highest BCUT2D eigenvalue weighted by molar-refractivity contribution is 7.19. The van der Waals surface area contributed by atoms with E-state index in [9.17, 15) is 19.8 Å². The molecule has 0 aromatic carbocycles. The molecule has 2 N–H and O–H groups in total. The first-order chi connectivity index (χ1) is 22.3. The van der Waals surface area contributed by atoms with Crippen LogP contribution in [0, 0.1) is 6.92 Å². The smallest absolute Gasteiger partial charge is 0.335 e. The summed E-state index contributed by atoms with van der Waals surface area (Å²) in [7, 11) is 0. The highest BCUT2D eigenvalue weighted by atomic mass is 32.1. The third-order valence-electron chi connectivity index (χ3n) is 7.57. The number of aryl methyl sites for hydroxylation is 2. The van der Waals surface area contributed by atoms with Crippen molar-refractivity contribution < 1.29 is 28.6 Å². The van der Waals surface area contributed by atoms with Gasteiger partial charge in [0.05, 0.1) is 38.8 Å². The van der Waals surface area contributed by atoms with Crippen molar-refractivity contribution in [3.8, 4) is 55.4 Å². The molecule has 0 saturated heterocycles. The standard InChI is InChI=1S/C36H31N3O6S/c1-3-4-5-6-7-23-20-33(46-34(23)32-11-10-31(45-32)30-9-8-21(2)44-30)22-12-14-37-26(16-22)28-18-25(36(42)43)19-29(39-28)27-17-24(35(40)41)13-15-38-27/h8-20H,3-7H2,1-2H3,(H,40,41)(H,42,43). The van der Waals surface area contributed by atoms with Gasteiger partial charge in [0, 0.05) is 17.3 Å². The van der Waals surface area contributed by atoms with Crippen LogP contribution in [0.2, 0.25) is 0 Å². The van der Waals surface area contributed by atoms with E-state index in [4.69, 9.17) is 8.83 Å². The van der Waals surface area contributed by atoms with Crippen molar-refractivity contribution in [1.82, 2.24) is 15.0 Å². The number of rotatable bonds is 12. The molecule has 0 unspecified atom stereocenters. The van der Waals surface area contributed by atoms with E-state index in [0.29, 0.717) is 22.9 Å². The summed E-state index contributed by atoms with van der Waals surface area (Å²) in [6.45, 7) is 4.10. The van der Waals surface area contributed by atoms with Crippen LogP contribution >= 0.6 is 11.3 Å². The quantitative estimate of drug-likeness (QED) is 0.126. The molecule has 0 bridgehead atoms. The van der Waals surface area contributed by atoms with Gasteiger partial charge >= 0.3 is 11.9 Å². The Morgan fingerprint density at radius 3 is 2.07 bits per heavy atom. The van der Waals surface area contributed by atoms with E-state index in [1.165, 1.54) is 42.4 Å². The van der Waals surface area contributed by atoms with Gasteiger partial charge in [0.1, 0.15) is 11.5 Å². The second-order valence-corrected chi connectivity index (χ2v) is 12.0. The number of hydrogen-bond acceptors (Lipinski definition) is 8. The molecule has 0 radical (unpaired) electrons. The van der Waals surface area contributed by atoms with Crippen LogP contribution in [0.15, 0.2) is 88.0 Å². The molecule has 9 nitrogen and oxygen atoms in total. The molecule has 0 saturated carbocycles. The summed E-state index contributed by atoms with van der Waals surface area (Å²) in [4.78, 5) is 39.1. The zero-order valence-corrected chi connectivity index (χ0v) is 26.1. The van der Waals surface area contributed by atoms with Crippen molar-refractivity contribution in [3.63, 3.8) is 0 Å². The number of pyridine rings is 3. The Morgan fingerprint density at radius 2 is 1.37 bits per heavy atom. The third kappa shape index (κ3) is 6.67. The van der Waals surface area contributed by atoms with E-state index >= 15 is 0 Å². The normalized spacial score (nSPS) is 11.2. The van der Waals surface area contributed by atoms with E-state index in [2.05, 4.69) is 27.9 Å². The maximum Gasteiger partial charge on any atom is 0.335 e. The third-order valence-corrected chi connectivity index (χ3v) is 8.81. The Kier molecular flexibility index (Phi) is 8.89. The summed E-state index contributed by atoms with van der Waals surface area (Å²) >= 11 is 1.63. The minimum Gasteiger partial charge on any atom is -0.478 e.